The Balaban J connectivity index is 2.49. The minimum Gasteiger partial charge on any atom is -0.383 e. The van der Waals surface area contributed by atoms with Crippen LogP contribution in [0, 0.1) is 0 Å². The topological polar surface area (TPSA) is 75.7 Å². The van der Waals surface area contributed by atoms with Gasteiger partial charge in [0, 0.05) is 30.2 Å². The Bertz CT molecular complexity index is 638. The molecule has 0 bridgehead atoms. The Hall–Kier alpha value is -0.860. The second-order valence-electron chi connectivity index (χ2n) is 4.93. The Morgan fingerprint density at radius 1 is 1.35 bits per heavy atom. The molecule has 1 aromatic carbocycles. The van der Waals surface area contributed by atoms with Crippen LogP contribution >= 0.6 is 23.2 Å². The summed E-state index contributed by atoms with van der Waals surface area (Å²) in [7, 11) is -2.00. The third-order valence-electron chi connectivity index (χ3n) is 3.07. The zero-order chi connectivity index (χ0) is 17.5. The highest BCUT2D eigenvalue weighted by Gasteiger charge is 2.19. The molecule has 1 rings (SSSR count). The van der Waals surface area contributed by atoms with Gasteiger partial charge in [0.1, 0.15) is 0 Å². The summed E-state index contributed by atoms with van der Waals surface area (Å²) in [5.74, 6) is -0.378. The van der Waals surface area contributed by atoms with Gasteiger partial charge in [-0.05, 0) is 24.1 Å². The zero-order valence-corrected chi connectivity index (χ0v) is 15.3. The van der Waals surface area contributed by atoms with Gasteiger partial charge in [-0.2, -0.15) is 4.31 Å². The summed E-state index contributed by atoms with van der Waals surface area (Å²) in [5.41, 5.74) is 0.857. The first-order valence-corrected chi connectivity index (χ1v) is 9.49. The highest BCUT2D eigenvalue weighted by atomic mass is 35.5. The number of sulfonamides is 1. The Labute approximate surface area is 146 Å². The number of hydrogen-bond donors (Lipinski definition) is 1. The maximum atomic E-state index is 11.9. The van der Waals surface area contributed by atoms with Crippen LogP contribution in [-0.4, -0.2) is 58.2 Å². The summed E-state index contributed by atoms with van der Waals surface area (Å²) in [6.07, 6.45) is 1.59. The molecular weight excluding hydrogens is 363 g/mol. The van der Waals surface area contributed by atoms with E-state index in [0.717, 1.165) is 16.1 Å². The van der Waals surface area contributed by atoms with Crippen molar-refractivity contribution in [1.82, 2.24) is 9.62 Å². The molecule has 130 valence electrons. The van der Waals surface area contributed by atoms with E-state index in [4.69, 9.17) is 27.9 Å². The first-order valence-electron chi connectivity index (χ1n) is 6.88. The number of halogens is 2. The van der Waals surface area contributed by atoms with E-state index in [1.807, 2.05) is 0 Å². The summed E-state index contributed by atoms with van der Waals surface area (Å²) in [4.78, 5) is 11.9. The van der Waals surface area contributed by atoms with E-state index < -0.39 is 10.0 Å². The summed E-state index contributed by atoms with van der Waals surface area (Å²) in [5, 5.41) is 3.75. The number of nitrogens with zero attached hydrogens (tertiary/aromatic N) is 1. The average Bonchev–Trinajstić information content (AvgIpc) is 2.44. The Morgan fingerprint density at radius 2 is 2.04 bits per heavy atom. The molecule has 0 aliphatic rings. The summed E-state index contributed by atoms with van der Waals surface area (Å²) in [6, 6.07) is 5.15. The maximum Gasteiger partial charge on any atom is 0.235 e. The van der Waals surface area contributed by atoms with Crippen LogP contribution in [-0.2, 0) is 26.0 Å². The number of amides is 1. The fraction of sp³-hybridized carbons (Fsp3) is 0.500. The van der Waals surface area contributed by atoms with E-state index in [-0.39, 0.29) is 25.6 Å². The van der Waals surface area contributed by atoms with Gasteiger partial charge in [-0.25, -0.2) is 8.42 Å². The minimum atomic E-state index is -3.46. The first kappa shape index (κ1) is 20.2. The number of carbonyl (C=O) groups excluding carboxylic acids is 1. The summed E-state index contributed by atoms with van der Waals surface area (Å²) >= 11 is 11.9. The van der Waals surface area contributed by atoms with Crippen LogP contribution in [0.4, 0.5) is 0 Å². The van der Waals surface area contributed by atoms with E-state index in [0.29, 0.717) is 23.0 Å². The molecule has 0 saturated heterocycles. The number of nitrogens with one attached hydrogen (secondary N) is 1. The molecule has 9 heteroatoms. The molecule has 0 aliphatic carbocycles. The van der Waals surface area contributed by atoms with Crippen LogP contribution in [0.1, 0.15) is 5.56 Å². The van der Waals surface area contributed by atoms with Crippen molar-refractivity contribution in [3.05, 3.63) is 33.8 Å². The Kier molecular flexibility index (Phi) is 8.28. The molecule has 0 unspecified atom stereocenters. The molecule has 1 aromatic rings. The normalized spacial score (nSPS) is 11.7. The monoisotopic (exact) mass is 382 g/mol. The van der Waals surface area contributed by atoms with Crippen LogP contribution in [0.25, 0.3) is 0 Å². The molecule has 0 aliphatic heterocycles. The maximum absolute atomic E-state index is 11.9. The molecule has 0 radical (unpaired) electrons. The highest BCUT2D eigenvalue weighted by molar-refractivity contribution is 7.88. The van der Waals surface area contributed by atoms with Crippen molar-refractivity contribution >= 4 is 39.1 Å². The third-order valence-corrected chi connectivity index (χ3v) is 4.90. The van der Waals surface area contributed by atoms with Crippen LogP contribution in [0.3, 0.4) is 0 Å². The van der Waals surface area contributed by atoms with E-state index in [1.165, 1.54) is 7.11 Å². The lowest BCUT2D eigenvalue weighted by molar-refractivity contribution is -0.121. The van der Waals surface area contributed by atoms with Crippen molar-refractivity contribution in [2.75, 3.05) is 39.6 Å². The van der Waals surface area contributed by atoms with E-state index in [2.05, 4.69) is 5.32 Å². The van der Waals surface area contributed by atoms with Gasteiger partial charge >= 0.3 is 0 Å². The molecule has 0 aromatic heterocycles. The summed E-state index contributed by atoms with van der Waals surface area (Å²) < 4.78 is 29.1. The van der Waals surface area contributed by atoms with E-state index in [1.54, 1.807) is 18.2 Å². The summed E-state index contributed by atoms with van der Waals surface area (Å²) in [6.45, 7) is 0.463. The molecular formula is C14H20Cl2N2O4S. The van der Waals surface area contributed by atoms with Crippen molar-refractivity contribution in [2.24, 2.45) is 0 Å². The van der Waals surface area contributed by atoms with Gasteiger partial charge in [0.15, 0.2) is 0 Å². The van der Waals surface area contributed by atoms with Crippen LogP contribution in [0.5, 0.6) is 0 Å². The molecule has 0 atom stereocenters. The third kappa shape index (κ3) is 7.50. The molecule has 0 spiro atoms. The second kappa shape index (κ2) is 9.44. The lowest BCUT2D eigenvalue weighted by Gasteiger charge is -2.19. The van der Waals surface area contributed by atoms with Crippen molar-refractivity contribution < 1.29 is 17.9 Å². The average molecular weight is 383 g/mol. The van der Waals surface area contributed by atoms with Gasteiger partial charge in [-0.3, -0.25) is 4.79 Å². The van der Waals surface area contributed by atoms with Crippen molar-refractivity contribution in [3.63, 3.8) is 0 Å². The SMILES string of the molecule is COCCN(CC(=O)NCCc1ccc(Cl)cc1Cl)S(C)(=O)=O. The molecule has 1 N–H and O–H groups in total. The molecule has 0 fully saturated rings. The Morgan fingerprint density at radius 3 is 2.61 bits per heavy atom. The van der Waals surface area contributed by atoms with Crippen LogP contribution in [0.15, 0.2) is 18.2 Å². The van der Waals surface area contributed by atoms with Gasteiger partial charge in [-0.15, -0.1) is 0 Å². The number of rotatable bonds is 9. The standard InChI is InChI=1S/C14H20Cl2N2O4S/c1-22-8-7-18(23(2,20)21)10-14(19)17-6-5-11-3-4-12(15)9-13(11)16/h3-4,9H,5-8,10H2,1-2H3,(H,17,19). The highest BCUT2D eigenvalue weighted by Crippen LogP contribution is 2.20. The van der Waals surface area contributed by atoms with Gasteiger partial charge < -0.3 is 10.1 Å². The smallest absolute Gasteiger partial charge is 0.235 e. The van der Waals surface area contributed by atoms with Gasteiger partial charge in [0.05, 0.1) is 19.4 Å². The minimum absolute atomic E-state index is 0.131. The van der Waals surface area contributed by atoms with Crippen molar-refractivity contribution in [3.8, 4) is 0 Å². The first-order chi connectivity index (χ1) is 10.7. The quantitative estimate of drug-likeness (QED) is 0.702. The van der Waals surface area contributed by atoms with Gasteiger partial charge in [-0.1, -0.05) is 29.3 Å². The number of benzene rings is 1. The van der Waals surface area contributed by atoms with Crippen LogP contribution < -0.4 is 5.32 Å². The second-order valence-corrected chi connectivity index (χ2v) is 7.75. The number of carbonyl (C=O) groups is 1. The predicted octanol–water partition coefficient (Wildman–Crippen LogP) is 1.56. The van der Waals surface area contributed by atoms with E-state index in [9.17, 15) is 13.2 Å². The number of methoxy groups -OCH3 is 1. The molecule has 23 heavy (non-hydrogen) atoms. The molecule has 0 heterocycles. The lowest BCUT2D eigenvalue weighted by atomic mass is 10.1. The number of hydrogen-bond acceptors (Lipinski definition) is 4. The largest absolute Gasteiger partial charge is 0.383 e. The number of ether oxygens (including phenoxy) is 1. The van der Waals surface area contributed by atoms with Crippen LogP contribution in [0.2, 0.25) is 10.0 Å². The van der Waals surface area contributed by atoms with Gasteiger partial charge in [0.2, 0.25) is 15.9 Å². The molecule has 0 saturated carbocycles. The fourth-order valence-electron chi connectivity index (χ4n) is 1.83. The van der Waals surface area contributed by atoms with Crippen molar-refractivity contribution in [2.45, 2.75) is 6.42 Å². The molecule has 1 amide bonds. The predicted molar refractivity (Wildman–Crippen MR) is 91.5 cm³/mol. The lowest BCUT2D eigenvalue weighted by Crippen LogP contribution is -2.42. The molecule has 6 nitrogen and oxygen atoms in total. The fourth-order valence-corrected chi connectivity index (χ4v) is 3.09. The van der Waals surface area contributed by atoms with Gasteiger partial charge in [0.25, 0.3) is 0 Å². The zero-order valence-electron chi connectivity index (χ0n) is 13.0. The van der Waals surface area contributed by atoms with E-state index >= 15 is 0 Å². The van der Waals surface area contributed by atoms with Crippen molar-refractivity contribution in [1.29, 1.82) is 0 Å².